The van der Waals surface area contributed by atoms with Gasteiger partial charge in [-0.1, -0.05) is 28.1 Å². The van der Waals surface area contributed by atoms with Crippen LogP contribution in [-0.4, -0.2) is 25.8 Å². The van der Waals surface area contributed by atoms with Crippen molar-refractivity contribution < 1.29 is 14.3 Å². The number of benzene rings is 1. The van der Waals surface area contributed by atoms with E-state index in [1.165, 1.54) is 0 Å². The Morgan fingerprint density at radius 2 is 1.76 bits per heavy atom. The summed E-state index contributed by atoms with van der Waals surface area (Å²) in [5, 5.41) is 0.896. The van der Waals surface area contributed by atoms with Crippen LogP contribution < -0.4 is 9.47 Å². The fourth-order valence-corrected chi connectivity index (χ4v) is 1.69. The minimum absolute atomic E-state index is 0.562. The highest BCUT2D eigenvalue weighted by Gasteiger charge is 2.08. The van der Waals surface area contributed by atoms with Gasteiger partial charge in [0.15, 0.2) is 17.8 Å². The quantitative estimate of drug-likeness (QED) is 0.597. The molecule has 0 saturated carbocycles. The van der Waals surface area contributed by atoms with Gasteiger partial charge in [0.2, 0.25) is 0 Å². The summed E-state index contributed by atoms with van der Waals surface area (Å²) in [6.45, 7) is 0. The van der Waals surface area contributed by atoms with E-state index in [1.807, 2.05) is 12.2 Å². The van der Waals surface area contributed by atoms with Crippen molar-refractivity contribution in [1.29, 1.82) is 0 Å². The number of ether oxygens (including phenoxy) is 2. The van der Waals surface area contributed by atoms with Gasteiger partial charge in [-0.3, -0.25) is 4.79 Å². The van der Waals surface area contributed by atoms with Crippen molar-refractivity contribution in [3.05, 3.63) is 29.3 Å². The molecule has 1 aromatic carbocycles. The first-order valence-corrected chi connectivity index (χ1v) is 6.32. The van der Waals surface area contributed by atoms with Crippen LogP contribution in [0.2, 0.25) is 0 Å². The second-order valence-corrected chi connectivity index (χ2v) is 4.13. The lowest BCUT2D eigenvalue weighted by Gasteiger charge is -2.10. The number of methoxy groups -OCH3 is 2. The lowest BCUT2D eigenvalue weighted by Crippen LogP contribution is -1.95. The molecule has 3 nitrogen and oxygen atoms in total. The Morgan fingerprint density at radius 3 is 2.24 bits per heavy atom. The van der Waals surface area contributed by atoms with Gasteiger partial charge in [0.1, 0.15) is 0 Å². The Bertz CT molecular complexity index is 413. The fourth-order valence-electron chi connectivity index (χ4n) is 1.43. The van der Waals surface area contributed by atoms with Crippen LogP contribution in [0.3, 0.4) is 0 Å². The molecule has 0 N–H and O–H groups in total. The third kappa shape index (κ3) is 3.60. The molecule has 0 fully saturated rings. The summed E-state index contributed by atoms with van der Waals surface area (Å²) in [5.41, 5.74) is 1.42. The molecule has 0 unspecified atom stereocenters. The van der Waals surface area contributed by atoms with Crippen molar-refractivity contribution in [3.8, 4) is 11.5 Å². The van der Waals surface area contributed by atoms with E-state index in [4.69, 9.17) is 9.47 Å². The Labute approximate surface area is 110 Å². The van der Waals surface area contributed by atoms with Gasteiger partial charge in [-0.05, 0) is 24.1 Å². The molecule has 0 bridgehead atoms. The summed E-state index contributed by atoms with van der Waals surface area (Å²) in [5.74, 6) is 1.18. The molecule has 4 heteroatoms. The topological polar surface area (TPSA) is 35.5 Å². The summed E-state index contributed by atoms with van der Waals surface area (Å²) >= 11 is 3.34. The number of hydrogen-bond donors (Lipinski definition) is 0. The third-order valence-corrected chi connectivity index (χ3v) is 2.75. The van der Waals surface area contributed by atoms with Crippen LogP contribution in [0.4, 0.5) is 0 Å². The van der Waals surface area contributed by atoms with Gasteiger partial charge < -0.3 is 9.47 Å². The standard InChI is InChI=1S/C13H15BrO3/c1-16-12-7-10(5-3-4-6-14)11(9-15)8-13(12)17-2/h3,5,7-9H,4,6H2,1-2H3. The smallest absolute Gasteiger partial charge is 0.161 e. The summed E-state index contributed by atoms with van der Waals surface area (Å²) in [4.78, 5) is 11.0. The van der Waals surface area contributed by atoms with E-state index >= 15 is 0 Å². The van der Waals surface area contributed by atoms with Crippen molar-refractivity contribution in [1.82, 2.24) is 0 Å². The Hall–Kier alpha value is -1.29. The molecule has 1 rings (SSSR count). The van der Waals surface area contributed by atoms with E-state index in [-0.39, 0.29) is 0 Å². The predicted octanol–water partition coefficient (Wildman–Crippen LogP) is 3.31. The van der Waals surface area contributed by atoms with Crippen LogP contribution >= 0.6 is 15.9 Å². The lowest BCUT2D eigenvalue weighted by molar-refractivity contribution is 0.112. The van der Waals surface area contributed by atoms with Crippen LogP contribution in [0.1, 0.15) is 22.3 Å². The van der Waals surface area contributed by atoms with Gasteiger partial charge in [-0.2, -0.15) is 0 Å². The minimum atomic E-state index is 0.562. The lowest BCUT2D eigenvalue weighted by atomic mass is 10.1. The molecular weight excluding hydrogens is 284 g/mol. The molecule has 1 aromatic rings. The van der Waals surface area contributed by atoms with E-state index in [0.29, 0.717) is 17.1 Å². The predicted molar refractivity (Wildman–Crippen MR) is 72.4 cm³/mol. The number of aldehydes is 1. The maximum Gasteiger partial charge on any atom is 0.161 e. The van der Waals surface area contributed by atoms with Gasteiger partial charge in [-0.25, -0.2) is 0 Å². The van der Waals surface area contributed by atoms with Crippen molar-refractivity contribution >= 4 is 28.3 Å². The highest BCUT2D eigenvalue weighted by molar-refractivity contribution is 9.09. The second-order valence-electron chi connectivity index (χ2n) is 3.33. The van der Waals surface area contributed by atoms with E-state index < -0.39 is 0 Å². The van der Waals surface area contributed by atoms with E-state index in [9.17, 15) is 4.79 Å². The van der Waals surface area contributed by atoms with Gasteiger partial charge in [0.05, 0.1) is 14.2 Å². The summed E-state index contributed by atoms with van der Waals surface area (Å²) in [6, 6.07) is 3.48. The molecule has 0 heterocycles. The molecule has 0 aliphatic rings. The van der Waals surface area contributed by atoms with Crippen LogP contribution in [0.5, 0.6) is 11.5 Å². The summed E-state index contributed by atoms with van der Waals surface area (Å²) in [6.07, 6.45) is 5.64. The minimum Gasteiger partial charge on any atom is -0.493 e. The van der Waals surface area contributed by atoms with E-state index in [1.54, 1.807) is 26.4 Å². The fraction of sp³-hybridized carbons (Fsp3) is 0.308. The van der Waals surface area contributed by atoms with Crippen LogP contribution in [0.25, 0.3) is 6.08 Å². The van der Waals surface area contributed by atoms with Crippen molar-refractivity contribution in [3.63, 3.8) is 0 Å². The number of carbonyl (C=O) groups excluding carboxylic acids is 1. The average molecular weight is 299 g/mol. The third-order valence-electron chi connectivity index (χ3n) is 2.29. The molecule has 0 aromatic heterocycles. The summed E-state index contributed by atoms with van der Waals surface area (Å²) in [7, 11) is 3.12. The maximum atomic E-state index is 11.0. The number of alkyl halides is 1. The Balaban J connectivity index is 3.14. The average Bonchev–Trinajstić information content (AvgIpc) is 2.38. The zero-order valence-electron chi connectivity index (χ0n) is 9.90. The van der Waals surface area contributed by atoms with E-state index in [2.05, 4.69) is 15.9 Å². The Kier molecular flexibility index (Phi) is 5.77. The zero-order chi connectivity index (χ0) is 12.7. The van der Waals surface area contributed by atoms with Crippen molar-refractivity contribution in [2.24, 2.45) is 0 Å². The highest BCUT2D eigenvalue weighted by Crippen LogP contribution is 2.30. The second kappa shape index (κ2) is 7.12. The van der Waals surface area contributed by atoms with Crippen LogP contribution in [-0.2, 0) is 0 Å². The van der Waals surface area contributed by atoms with Crippen LogP contribution in [0, 0.1) is 0 Å². The number of allylic oxidation sites excluding steroid dienone is 1. The van der Waals surface area contributed by atoms with Gasteiger partial charge >= 0.3 is 0 Å². The summed E-state index contributed by atoms with van der Waals surface area (Å²) < 4.78 is 10.3. The molecule has 0 aliphatic carbocycles. The van der Waals surface area contributed by atoms with Crippen LogP contribution in [0.15, 0.2) is 18.2 Å². The number of carbonyl (C=O) groups is 1. The molecule has 0 radical (unpaired) electrons. The SMILES string of the molecule is COc1cc(C=O)c(C=CCCBr)cc1OC. The molecule has 17 heavy (non-hydrogen) atoms. The maximum absolute atomic E-state index is 11.0. The largest absolute Gasteiger partial charge is 0.493 e. The van der Waals surface area contributed by atoms with E-state index in [0.717, 1.165) is 23.6 Å². The Morgan fingerprint density at radius 1 is 1.18 bits per heavy atom. The molecule has 0 atom stereocenters. The molecule has 0 amide bonds. The first kappa shape index (κ1) is 13.8. The van der Waals surface area contributed by atoms with Crippen molar-refractivity contribution in [2.75, 3.05) is 19.5 Å². The number of hydrogen-bond acceptors (Lipinski definition) is 3. The first-order valence-electron chi connectivity index (χ1n) is 5.20. The highest BCUT2D eigenvalue weighted by atomic mass is 79.9. The first-order chi connectivity index (χ1) is 8.26. The molecule has 0 spiro atoms. The molecule has 92 valence electrons. The zero-order valence-corrected chi connectivity index (χ0v) is 11.5. The monoisotopic (exact) mass is 298 g/mol. The molecule has 0 saturated heterocycles. The normalized spacial score (nSPS) is 10.5. The van der Waals surface area contributed by atoms with Gasteiger partial charge in [-0.15, -0.1) is 0 Å². The number of halogens is 1. The van der Waals surface area contributed by atoms with Crippen molar-refractivity contribution in [2.45, 2.75) is 6.42 Å². The molecular formula is C13H15BrO3. The van der Waals surface area contributed by atoms with Gasteiger partial charge in [0.25, 0.3) is 0 Å². The molecule has 0 aliphatic heterocycles. The number of rotatable bonds is 6. The van der Waals surface area contributed by atoms with Gasteiger partial charge in [0, 0.05) is 10.9 Å².